The molecule has 2 aromatic rings. The molecular weight excluding hydrogens is 302 g/mol. The molecule has 2 amide bonds. The third-order valence-corrected chi connectivity index (χ3v) is 3.14. The molecule has 2 N–H and O–H groups in total. The Hall–Kier alpha value is -2.40. The van der Waals surface area contributed by atoms with E-state index in [1.807, 2.05) is 6.92 Å². The van der Waals surface area contributed by atoms with Gasteiger partial charge in [0.05, 0.1) is 0 Å². The molecule has 0 atom stereocenters. The van der Waals surface area contributed by atoms with E-state index in [0.717, 1.165) is 6.42 Å². The number of nitrogens with one attached hydrogen (secondary N) is 2. The molecule has 114 valence electrons. The second kappa shape index (κ2) is 7.56. The normalized spacial score (nSPS) is 10.1. The highest BCUT2D eigenvalue weighted by Gasteiger charge is 2.11. The number of carbonyl (C=O) groups is 2. The Kier molecular flexibility index (Phi) is 5.49. The smallest absolute Gasteiger partial charge is 0.269 e. The van der Waals surface area contributed by atoms with Crippen LogP contribution in [-0.2, 0) is 0 Å². The Balaban J connectivity index is 2.09. The van der Waals surface area contributed by atoms with Gasteiger partial charge in [-0.25, -0.2) is 0 Å². The highest BCUT2D eigenvalue weighted by molar-refractivity contribution is 6.30. The zero-order valence-corrected chi connectivity index (χ0v) is 12.9. The first-order chi connectivity index (χ1) is 10.6. The third-order valence-electron chi connectivity index (χ3n) is 2.89. The largest absolute Gasteiger partial charge is 0.351 e. The van der Waals surface area contributed by atoms with Crippen molar-refractivity contribution in [3.05, 3.63) is 58.9 Å². The van der Waals surface area contributed by atoms with Gasteiger partial charge in [0.15, 0.2) is 0 Å². The lowest BCUT2D eigenvalue weighted by atomic mass is 10.2. The maximum absolute atomic E-state index is 12.2. The Morgan fingerprint density at radius 3 is 2.55 bits per heavy atom. The van der Waals surface area contributed by atoms with Crippen molar-refractivity contribution in [1.29, 1.82) is 0 Å². The van der Waals surface area contributed by atoms with Crippen molar-refractivity contribution in [3.63, 3.8) is 0 Å². The van der Waals surface area contributed by atoms with Crippen LogP contribution in [0.4, 0.5) is 5.69 Å². The van der Waals surface area contributed by atoms with Gasteiger partial charge in [-0.3, -0.25) is 14.6 Å². The fourth-order valence-corrected chi connectivity index (χ4v) is 1.89. The molecule has 0 radical (unpaired) electrons. The van der Waals surface area contributed by atoms with Crippen LogP contribution < -0.4 is 10.6 Å². The molecule has 0 saturated heterocycles. The van der Waals surface area contributed by atoms with Crippen molar-refractivity contribution in [2.45, 2.75) is 13.3 Å². The first kappa shape index (κ1) is 16.0. The van der Waals surface area contributed by atoms with Gasteiger partial charge in [-0.2, -0.15) is 0 Å². The maximum atomic E-state index is 12.2. The summed E-state index contributed by atoms with van der Waals surface area (Å²) < 4.78 is 0. The molecule has 0 fully saturated rings. The summed E-state index contributed by atoms with van der Waals surface area (Å²) in [5.74, 6) is -0.600. The lowest BCUT2D eigenvalue weighted by Crippen LogP contribution is -2.25. The molecule has 5 nitrogen and oxygen atoms in total. The van der Waals surface area contributed by atoms with E-state index in [0.29, 0.717) is 22.8 Å². The second-order valence-electron chi connectivity index (χ2n) is 4.65. The fraction of sp³-hybridized carbons (Fsp3) is 0.188. The highest BCUT2D eigenvalue weighted by Crippen LogP contribution is 2.14. The zero-order valence-electron chi connectivity index (χ0n) is 12.1. The number of anilines is 1. The fourth-order valence-electron chi connectivity index (χ4n) is 1.76. The van der Waals surface area contributed by atoms with Crippen molar-refractivity contribution in [1.82, 2.24) is 10.3 Å². The molecule has 0 saturated carbocycles. The topological polar surface area (TPSA) is 71.1 Å². The van der Waals surface area contributed by atoms with Gasteiger partial charge < -0.3 is 10.6 Å². The van der Waals surface area contributed by atoms with Crippen LogP contribution in [0.3, 0.4) is 0 Å². The van der Waals surface area contributed by atoms with E-state index in [1.54, 1.807) is 30.3 Å². The molecule has 0 spiro atoms. The first-order valence-corrected chi connectivity index (χ1v) is 7.29. The molecule has 2 rings (SSSR count). The molecule has 0 aliphatic rings. The molecule has 0 aliphatic carbocycles. The number of hydrogen-bond acceptors (Lipinski definition) is 3. The Labute approximate surface area is 133 Å². The monoisotopic (exact) mass is 317 g/mol. The lowest BCUT2D eigenvalue weighted by molar-refractivity contribution is 0.0948. The molecule has 0 aliphatic heterocycles. The average Bonchev–Trinajstić information content (AvgIpc) is 2.54. The summed E-state index contributed by atoms with van der Waals surface area (Å²) in [6.45, 7) is 2.53. The maximum Gasteiger partial charge on any atom is 0.269 e. The average molecular weight is 318 g/mol. The Morgan fingerprint density at radius 2 is 1.86 bits per heavy atom. The van der Waals surface area contributed by atoms with Gasteiger partial charge in [0.1, 0.15) is 5.69 Å². The van der Waals surface area contributed by atoms with Crippen LogP contribution in [-0.4, -0.2) is 23.3 Å². The van der Waals surface area contributed by atoms with Crippen LogP contribution >= 0.6 is 11.6 Å². The first-order valence-electron chi connectivity index (χ1n) is 6.91. The van der Waals surface area contributed by atoms with E-state index >= 15 is 0 Å². The molecule has 0 unspecified atom stereocenters. The number of benzene rings is 1. The quantitative estimate of drug-likeness (QED) is 0.890. The summed E-state index contributed by atoms with van der Waals surface area (Å²) in [6.07, 6.45) is 2.28. The summed E-state index contributed by atoms with van der Waals surface area (Å²) in [4.78, 5) is 28.0. The van der Waals surface area contributed by atoms with Gasteiger partial charge in [-0.15, -0.1) is 0 Å². The number of carbonyl (C=O) groups excluding carboxylic acids is 2. The molecule has 22 heavy (non-hydrogen) atoms. The number of pyridine rings is 1. The number of rotatable bonds is 5. The van der Waals surface area contributed by atoms with E-state index in [1.165, 1.54) is 12.3 Å². The predicted molar refractivity (Wildman–Crippen MR) is 86.3 cm³/mol. The second-order valence-corrected chi connectivity index (χ2v) is 5.08. The number of nitrogens with zero attached hydrogens (tertiary/aromatic N) is 1. The summed E-state index contributed by atoms with van der Waals surface area (Å²) in [5, 5.41) is 6.05. The number of halogens is 1. The molecule has 6 heteroatoms. The minimum atomic E-state index is -0.311. The van der Waals surface area contributed by atoms with Gasteiger partial charge in [-0.1, -0.05) is 18.5 Å². The number of hydrogen-bond donors (Lipinski definition) is 2. The van der Waals surface area contributed by atoms with E-state index < -0.39 is 0 Å². The van der Waals surface area contributed by atoms with Crippen LogP contribution in [0, 0.1) is 0 Å². The summed E-state index contributed by atoms with van der Waals surface area (Å²) in [7, 11) is 0. The van der Waals surface area contributed by atoms with Crippen molar-refractivity contribution in [2.24, 2.45) is 0 Å². The summed E-state index contributed by atoms with van der Waals surface area (Å²) in [5.41, 5.74) is 1.21. The van der Waals surface area contributed by atoms with Crippen LogP contribution in [0.5, 0.6) is 0 Å². The highest BCUT2D eigenvalue weighted by atomic mass is 35.5. The molecule has 1 aromatic heterocycles. The van der Waals surface area contributed by atoms with Crippen LogP contribution in [0.1, 0.15) is 34.2 Å². The summed E-state index contributed by atoms with van der Waals surface area (Å²) in [6, 6.07) is 9.81. The molecular formula is C16H16ClN3O2. The van der Waals surface area contributed by atoms with Crippen LogP contribution in [0.2, 0.25) is 5.02 Å². The predicted octanol–water partition coefficient (Wildman–Crippen LogP) is 3.13. The van der Waals surface area contributed by atoms with Crippen molar-refractivity contribution in [3.8, 4) is 0 Å². The van der Waals surface area contributed by atoms with Crippen LogP contribution in [0.15, 0.2) is 42.6 Å². The Morgan fingerprint density at radius 1 is 1.14 bits per heavy atom. The lowest BCUT2D eigenvalue weighted by Gasteiger charge is -2.07. The van der Waals surface area contributed by atoms with Crippen molar-refractivity contribution in [2.75, 3.05) is 11.9 Å². The number of aromatic nitrogens is 1. The van der Waals surface area contributed by atoms with E-state index in [2.05, 4.69) is 15.6 Å². The zero-order chi connectivity index (χ0) is 15.9. The van der Waals surface area contributed by atoms with E-state index in [-0.39, 0.29) is 17.5 Å². The van der Waals surface area contributed by atoms with Crippen LogP contribution in [0.25, 0.3) is 0 Å². The Bertz CT molecular complexity index is 671. The van der Waals surface area contributed by atoms with Crippen molar-refractivity contribution < 1.29 is 9.59 Å². The van der Waals surface area contributed by atoms with Gasteiger partial charge in [0.25, 0.3) is 11.8 Å². The van der Waals surface area contributed by atoms with E-state index in [9.17, 15) is 9.59 Å². The van der Waals surface area contributed by atoms with Gasteiger partial charge in [-0.05, 0) is 42.8 Å². The van der Waals surface area contributed by atoms with Gasteiger partial charge in [0, 0.05) is 29.0 Å². The summed E-state index contributed by atoms with van der Waals surface area (Å²) >= 11 is 5.80. The molecule has 1 heterocycles. The minimum absolute atomic E-state index is 0.220. The standard InChI is InChI=1S/C16H16ClN3O2/c1-2-8-19-16(22)14-10-11(7-9-18-14)15(21)20-13-5-3-12(17)4-6-13/h3-7,9-10H,2,8H2,1H3,(H,19,22)(H,20,21). The minimum Gasteiger partial charge on any atom is -0.351 e. The van der Waals surface area contributed by atoms with Crippen molar-refractivity contribution >= 4 is 29.1 Å². The molecule has 1 aromatic carbocycles. The molecule has 0 bridgehead atoms. The van der Waals surface area contributed by atoms with E-state index in [4.69, 9.17) is 11.6 Å². The SMILES string of the molecule is CCCNC(=O)c1cc(C(=O)Nc2ccc(Cl)cc2)ccn1. The number of amides is 2. The van der Waals surface area contributed by atoms with Gasteiger partial charge >= 0.3 is 0 Å². The third kappa shape index (κ3) is 4.30. The van der Waals surface area contributed by atoms with Gasteiger partial charge in [0.2, 0.25) is 0 Å².